The van der Waals surface area contributed by atoms with Gasteiger partial charge < -0.3 is 0 Å². The molecule has 4 heavy (non-hydrogen) atoms. The molecule has 0 unspecified atom stereocenters. The van der Waals surface area contributed by atoms with Gasteiger partial charge in [0.25, 0.3) is 0 Å². The molecule has 0 aromatic heterocycles. The Balaban J connectivity index is 2.80. The van der Waals surface area contributed by atoms with Crippen LogP contribution in [-0.4, -0.2) is 0 Å². The molecule has 0 rings (SSSR count). The molecule has 1 nitrogen and oxygen atoms in total. The SMILES string of the molecule is O=[Xe](F)F. The van der Waals surface area contributed by atoms with Gasteiger partial charge in [0.05, 0.1) is 0 Å². The van der Waals surface area contributed by atoms with Crippen molar-refractivity contribution >= 4 is 0 Å². The Morgan fingerprint density at radius 3 is 1.50 bits per heavy atom. The van der Waals surface area contributed by atoms with E-state index in [0.717, 1.165) is 0 Å². The van der Waals surface area contributed by atoms with Gasteiger partial charge in [-0.25, -0.2) is 0 Å². The molecule has 0 aromatic rings. The molecule has 0 fully saturated rings. The summed E-state index contributed by atoms with van der Waals surface area (Å²) in [5.41, 5.74) is 0. The van der Waals surface area contributed by atoms with E-state index < -0.39 is 43.9 Å². The Kier molecular flexibility index (Phi) is 3.23. The minimum absolute atomic E-state index is 4.42. The third-order valence-electron chi connectivity index (χ3n) is 0. The summed E-state index contributed by atoms with van der Waals surface area (Å²) in [6.07, 6.45) is 0. The predicted octanol–water partition coefficient (Wildman–Crippen LogP) is 0.722. The Labute approximate surface area is 43.2 Å². The minimum atomic E-state index is -4.42. The van der Waals surface area contributed by atoms with Crippen molar-refractivity contribution in [3.63, 3.8) is 0 Å². The molecule has 0 heterocycles. The van der Waals surface area contributed by atoms with Gasteiger partial charge in [0.1, 0.15) is 0 Å². The van der Waals surface area contributed by atoms with Gasteiger partial charge in [-0.05, 0) is 0 Å². The molecule has 0 atom stereocenters. The first-order chi connectivity index (χ1) is 1.73. The third kappa shape index (κ3) is 10.6. The summed E-state index contributed by atoms with van der Waals surface area (Å²) in [4.78, 5) is 0. The first kappa shape index (κ1) is 5.23. The van der Waals surface area contributed by atoms with E-state index >= 15 is 0 Å². The molecule has 0 aliphatic heterocycles. The van der Waals surface area contributed by atoms with E-state index in [2.05, 4.69) is 0 Å². The third-order valence-corrected chi connectivity index (χ3v) is 0. The fourth-order valence-corrected chi connectivity index (χ4v) is 0. The van der Waals surface area contributed by atoms with E-state index in [0.29, 0.717) is 0 Å². The number of hydrogen-bond acceptors (Lipinski definition) is 1. The second kappa shape index (κ2) is 2.47. The molecule has 0 spiro atoms. The first-order valence-corrected chi connectivity index (χ1v) is 2.76. The molecule has 0 aromatic carbocycles. The monoisotopic (exact) mass is 186 g/mol. The fourth-order valence-electron chi connectivity index (χ4n) is 0. The predicted molar refractivity (Wildman–Crippen MR) is 2.90 cm³/mol. The summed E-state index contributed by atoms with van der Waals surface area (Å²) >= 11 is -4.42. The van der Waals surface area contributed by atoms with Crippen LogP contribution in [0.2, 0.25) is 0 Å². The summed E-state index contributed by atoms with van der Waals surface area (Å²) in [7, 11) is 0. The zero-order valence-electron chi connectivity index (χ0n) is 1.52. The molecule has 0 aliphatic rings. The fraction of sp³-hybridized carbons (Fsp3) is 0. The Morgan fingerprint density at radius 2 is 1.50 bits per heavy atom. The van der Waals surface area contributed by atoms with Crippen molar-refractivity contribution in [2.24, 2.45) is 0 Å². The van der Waals surface area contributed by atoms with Gasteiger partial charge in [-0.15, -0.1) is 0 Å². The summed E-state index contributed by atoms with van der Waals surface area (Å²) in [6, 6.07) is 0. The Bertz CT molecular complexity index is 29.0. The van der Waals surface area contributed by atoms with Crippen LogP contribution in [0.4, 0.5) is 0.167 Å². The standard InChI is InChI=1S/F2OXe/c1-4(2)3. The van der Waals surface area contributed by atoms with Gasteiger partial charge in [0, 0.05) is 0 Å². The van der Waals surface area contributed by atoms with Crippen LogP contribution in [0.15, 0.2) is 0 Å². The van der Waals surface area contributed by atoms with Gasteiger partial charge in [-0.3, -0.25) is 0 Å². The second-order valence-corrected chi connectivity index (χ2v) is 1.07. The van der Waals surface area contributed by atoms with Crippen molar-refractivity contribution in [1.29, 1.82) is 0 Å². The summed E-state index contributed by atoms with van der Waals surface area (Å²) in [5.74, 6) is 0. The number of halogens is 2. The van der Waals surface area contributed by atoms with Gasteiger partial charge >= 0.3 is 44.1 Å². The van der Waals surface area contributed by atoms with E-state index in [1.54, 1.807) is 0 Å². The van der Waals surface area contributed by atoms with Crippen molar-refractivity contribution in [3.05, 3.63) is 0 Å². The molecule has 0 saturated heterocycles. The van der Waals surface area contributed by atoms with Crippen molar-refractivity contribution in [2.75, 3.05) is 0 Å². The van der Waals surface area contributed by atoms with Crippen LogP contribution in [0.1, 0.15) is 0 Å². The van der Waals surface area contributed by atoms with Crippen LogP contribution >= 0.6 is 0 Å². The maximum atomic E-state index is 9.92. The van der Waals surface area contributed by atoms with Crippen molar-refractivity contribution in [1.82, 2.24) is 0 Å². The summed E-state index contributed by atoms with van der Waals surface area (Å²) < 4.78 is 28.2. The Hall–Kier alpha value is 1.23. The summed E-state index contributed by atoms with van der Waals surface area (Å²) in [5, 5.41) is 0. The zero-order valence-corrected chi connectivity index (χ0v) is 3.54. The second-order valence-electron chi connectivity index (χ2n) is 0.160. The maximum absolute atomic E-state index is 9.92. The normalized spacial score (nSPS) is 11.0. The van der Waals surface area contributed by atoms with Gasteiger partial charge in [-0.1, -0.05) is 0 Å². The molecule has 0 amide bonds. The average Bonchev–Trinajstić information content (AvgIpc) is 0.811. The molecule has 4 heteroatoms. The average molecular weight is 185 g/mol. The van der Waals surface area contributed by atoms with Crippen molar-refractivity contribution < 1.29 is 44.1 Å². The first-order valence-electron chi connectivity index (χ1n) is 0.412. The van der Waals surface area contributed by atoms with Crippen LogP contribution in [0.25, 0.3) is 0 Å². The molecule has 0 bridgehead atoms. The van der Waals surface area contributed by atoms with Gasteiger partial charge in [-0.2, -0.15) is 0 Å². The molecule has 28 valence electrons. The number of hydrogen-bond donors (Lipinski definition) is 0. The van der Waals surface area contributed by atoms with Crippen molar-refractivity contribution in [2.45, 2.75) is 0 Å². The topological polar surface area (TPSA) is 17.1 Å². The molecule has 0 saturated carbocycles. The van der Waals surface area contributed by atoms with Gasteiger partial charge in [0.15, 0.2) is 0 Å². The van der Waals surface area contributed by atoms with E-state index in [1.807, 2.05) is 0 Å². The van der Waals surface area contributed by atoms with Crippen LogP contribution in [0.5, 0.6) is 0 Å². The van der Waals surface area contributed by atoms with Crippen LogP contribution in [0.3, 0.4) is 0 Å². The molecule has 0 radical (unpaired) electrons. The number of rotatable bonds is 0. The molecular formula is F2OXe. The van der Waals surface area contributed by atoms with E-state index in [1.165, 1.54) is 0 Å². The van der Waals surface area contributed by atoms with Crippen LogP contribution in [-0.2, 0) is 0.0399 Å². The van der Waals surface area contributed by atoms with E-state index in [-0.39, 0.29) is 0 Å². The van der Waals surface area contributed by atoms with Crippen LogP contribution in [0, 0.1) is 43.9 Å². The van der Waals surface area contributed by atoms with Crippen LogP contribution < -0.4 is 0 Å². The zero-order chi connectivity index (χ0) is 3.58. The quantitative estimate of drug-likeness (QED) is 0.543. The Morgan fingerprint density at radius 1 is 1.50 bits per heavy atom. The molecular weight excluding hydrogens is 185 g/mol. The van der Waals surface area contributed by atoms with Crippen molar-refractivity contribution in [3.8, 4) is 0 Å². The van der Waals surface area contributed by atoms with E-state index in [4.69, 9.17) is 0.0399 Å². The summed E-state index contributed by atoms with van der Waals surface area (Å²) in [6.45, 7) is 0. The van der Waals surface area contributed by atoms with Gasteiger partial charge in [0.2, 0.25) is 0 Å². The molecule has 0 N–H and O–H groups in total. The molecule has 0 aliphatic carbocycles. The van der Waals surface area contributed by atoms with E-state index in [9.17, 15) is 0.167 Å².